The van der Waals surface area contributed by atoms with E-state index in [0.29, 0.717) is 31.4 Å². The summed E-state index contributed by atoms with van der Waals surface area (Å²) in [4.78, 5) is 12.3. The molecule has 1 fully saturated rings. The van der Waals surface area contributed by atoms with Crippen molar-refractivity contribution >= 4 is 18.3 Å². The fourth-order valence-electron chi connectivity index (χ4n) is 2.53. The van der Waals surface area contributed by atoms with E-state index in [9.17, 15) is 9.18 Å². The van der Waals surface area contributed by atoms with Gasteiger partial charge in [0.05, 0.1) is 0 Å². The first-order valence-corrected chi connectivity index (χ1v) is 6.95. The molecular weight excluding hydrogens is 295 g/mol. The quantitative estimate of drug-likeness (QED) is 0.869. The van der Waals surface area contributed by atoms with Crippen LogP contribution in [0.15, 0.2) is 24.3 Å². The summed E-state index contributed by atoms with van der Waals surface area (Å²) in [6.45, 7) is 1.96. The van der Waals surface area contributed by atoms with Crippen molar-refractivity contribution in [1.29, 1.82) is 0 Å². The summed E-state index contributed by atoms with van der Waals surface area (Å²) in [5.41, 5.74) is -0.120. The minimum atomic E-state index is -0.736. The number of halogens is 2. The standard InChI is InChI=1S/C15H21FN2O2.ClH/c1-20-15(7-10-17-11-8-15)14(19)18-9-6-12-4-2-3-5-13(12)16;/h2-5,17H,6-11H2,1H3,(H,18,19);1H. The Kier molecular flexibility index (Phi) is 7.08. The molecule has 0 aliphatic carbocycles. The van der Waals surface area contributed by atoms with Gasteiger partial charge < -0.3 is 15.4 Å². The molecule has 0 bridgehead atoms. The van der Waals surface area contributed by atoms with Crippen molar-refractivity contribution < 1.29 is 13.9 Å². The number of methoxy groups -OCH3 is 1. The predicted molar refractivity (Wildman–Crippen MR) is 82.2 cm³/mol. The van der Waals surface area contributed by atoms with E-state index in [1.165, 1.54) is 6.07 Å². The molecule has 1 amide bonds. The molecule has 0 aromatic heterocycles. The van der Waals surface area contributed by atoms with Gasteiger partial charge in [0, 0.05) is 13.7 Å². The molecule has 1 aliphatic rings. The molecule has 1 aliphatic heterocycles. The zero-order valence-electron chi connectivity index (χ0n) is 12.2. The predicted octanol–water partition coefficient (Wildman–Crippen LogP) is 1.67. The van der Waals surface area contributed by atoms with Gasteiger partial charge in [-0.3, -0.25) is 4.79 Å². The summed E-state index contributed by atoms with van der Waals surface area (Å²) in [5.74, 6) is -0.331. The van der Waals surface area contributed by atoms with Gasteiger partial charge in [-0.05, 0) is 44.0 Å². The highest BCUT2D eigenvalue weighted by Gasteiger charge is 2.39. The Balaban J connectivity index is 0.00000220. The van der Waals surface area contributed by atoms with Crippen LogP contribution in [0.2, 0.25) is 0 Å². The number of ether oxygens (including phenoxy) is 1. The second-order valence-electron chi connectivity index (χ2n) is 5.05. The summed E-state index contributed by atoms with van der Waals surface area (Å²) in [5, 5.41) is 6.07. The maximum atomic E-state index is 13.5. The van der Waals surface area contributed by atoms with Crippen LogP contribution >= 0.6 is 12.4 Å². The van der Waals surface area contributed by atoms with Gasteiger partial charge in [0.1, 0.15) is 11.4 Å². The van der Waals surface area contributed by atoms with E-state index in [1.807, 2.05) is 0 Å². The van der Waals surface area contributed by atoms with Crippen molar-refractivity contribution in [1.82, 2.24) is 10.6 Å². The normalized spacial score (nSPS) is 16.9. The Morgan fingerprint density at radius 2 is 2.05 bits per heavy atom. The zero-order valence-corrected chi connectivity index (χ0v) is 13.0. The molecule has 118 valence electrons. The molecule has 1 heterocycles. The van der Waals surface area contributed by atoms with Gasteiger partial charge in [0.15, 0.2) is 0 Å². The van der Waals surface area contributed by atoms with Crippen molar-refractivity contribution in [2.45, 2.75) is 24.9 Å². The van der Waals surface area contributed by atoms with Crippen LogP contribution in [0.5, 0.6) is 0 Å². The van der Waals surface area contributed by atoms with Crippen molar-refractivity contribution in [3.05, 3.63) is 35.6 Å². The number of piperidine rings is 1. The summed E-state index contributed by atoms with van der Waals surface area (Å²) in [6.07, 6.45) is 1.81. The van der Waals surface area contributed by atoms with Gasteiger partial charge >= 0.3 is 0 Å². The van der Waals surface area contributed by atoms with Gasteiger partial charge in [-0.15, -0.1) is 12.4 Å². The lowest BCUT2D eigenvalue weighted by molar-refractivity contribution is -0.146. The topological polar surface area (TPSA) is 50.4 Å². The smallest absolute Gasteiger partial charge is 0.252 e. The first kappa shape index (κ1) is 17.9. The van der Waals surface area contributed by atoms with Crippen LogP contribution in [-0.4, -0.2) is 38.3 Å². The lowest BCUT2D eigenvalue weighted by atomic mass is 9.91. The number of rotatable bonds is 5. The molecule has 0 spiro atoms. The molecule has 0 unspecified atom stereocenters. The Bertz CT molecular complexity index is 465. The molecular formula is C15H22ClFN2O2. The molecule has 6 heteroatoms. The molecule has 4 nitrogen and oxygen atoms in total. The molecule has 1 saturated heterocycles. The van der Waals surface area contributed by atoms with Crippen molar-refractivity contribution in [3.8, 4) is 0 Å². The third-order valence-corrected chi connectivity index (χ3v) is 3.85. The zero-order chi connectivity index (χ0) is 14.4. The van der Waals surface area contributed by atoms with Gasteiger partial charge in [-0.2, -0.15) is 0 Å². The van der Waals surface area contributed by atoms with E-state index < -0.39 is 5.60 Å². The molecule has 2 N–H and O–H groups in total. The Morgan fingerprint density at radius 3 is 2.67 bits per heavy atom. The number of nitrogens with one attached hydrogen (secondary N) is 2. The third kappa shape index (κ3) is 4.40. The average Bonchev–Trinajstić information content (AvgIpc) is 2.49. The van der Waals surface area contributed by atoms with E-state index in [-0.39, 0.29) is 24.1 Å². The summed E-state index contributed by atoms with van der Waals surface area (Å²) in [6, 6.07) is 6.62. The van der Waals surface area contributed by atoms with Crippen LogP contribution in [0.4, 0.5) is 4.39 Å². The van der Waals surface area contributed by atoms with E-state index in [4.69, 9.17) is 4.74 Å². The molecule has 2 rings (SSSR count). The molecule has 21 heavy (non-hydrogen) atoms. The maximum absolute atomic E-state index is 13.5. The highest BCUT2D eigenvalue weighted by atomic mass is 35.5. The first-order chi connectivity index (χ1) is 9.68. The Labute approximate surface area is 130 Å². The highest BCUT2D eigenvalue weighted by Crippen LogP contribution is 2.22. The molecule has 1 aromatic carbocycles. The van der Waals surface area contributed by atoms with Crippen LogP contribution in [0.25, 0.3) is 0 Å². The number of carbonyl (C=O) groups is 1. The summed E-state index contributed by atoms with van der Waals surface area (Å²) >= 11 is 0. The fourth-order valence-corrected chi connectivity index (χ4v) is 2.53. The van der Waals surface area contributed by atoms with Crippen molar-refractivity contribution in [3.63, 3.8) is 0 Å². The van der Waals surface area contributed by atoms with Gasteiger partial charge in [0.25, 0.3) is 5.91 Å². The van der Waals surface area contributed by atoms with Crippen LogP contribution in [-0.2, 0) is 16.0 Å². The second kappa shape index (κ2) is 8.32. The molecule has 1 aromatic rings. The van der Waals surface area contributed by atoms with Gasteiger partial charge in [-0.25, -0.2) is 4.39 Å². The number of carbonyl (C=O) groups excluding carboxylic acids is 1. The second-order valence-corrected chi connectivity index (χ2v) is 5.05. The Morgan fingerprint density at radius 1 is 1.38 bits per heavy atom. The first-order valence-electron chi connectivity index (χ1n) is 6.95. The Hall–Kier alpha value is -1.17. The van der Waals surface area contributed by atoms with E-state index in [2.05, 4.69) is 10.6 Å². The van der Waals surface area contributed by atoms with Crippen LogP contribution in [0.3, 0.4) is 0 Å². The number of amides is 1. The maximum Gasteiger partial charge on any atom is 0.252 e. The van der Waals surface area contributed by atoms with Crippen LogP contribution in [0.1, 0.15) is 18.4 Å². The summed E-state index contributed by atoms with van der Waals surface area (Å²) < 4.78 is 18.9. The number of hydrogen-bond acceptors (Lipinski definition) is 3. The monoisotopic (exact) mass is 316 g/mol. The van der Waals surface area contributed by atoms with Crippen molar-refractivity contribution in [2.24, 2.45) is 0 Å². The molecule has 0 atom stereocenters. The SMILES string of the molecule is COC1(C(=O)NCCc2ccccc2F)CCNCC1.Cl. The lowest BCUT2D eigenvalue weighted by Gasteiger charge is -2.34. The van der Waals surface area contributed by atoms with E-state index in [0.717, 1.165) is 13.1 Å². The number of hydrogen-bond donors (Lipinski definition) is 2. The largest absolute Gasteiger partial charge is 0.368 e. The van der Waals surface area contributed by atoms with Crippen LogP contribution < -0.4 is 10.6 Å². The minimum Gasteiger partial charge on any atom is -0.368 e. The van der Waals surface area contributed by atoms with Crippen molar-refractivity contribution in [2.75, 3.05) is 26.7 Å². The van der Waals surface area contributed by atoms with Gasteiger partial charge in [0.2, 0.25) is 0 Å². The van der Waals surface area contributed by atoms with Crippen LogP contribution in [0, 0.1) is 5.82 Å². The molecule has 0 radical (unpaired) electrons. The van der Waals surface area contributed by atoms with E-state index >= 15 is 0 Å². The highest BCUT2D eigenvalue weighted by molar-refractivity contribution is 5.85. The fraction of sp³-hybridized carbons (Fsp3) is 0.533. The minimum absolute atomic E-state index is 0. The average molecular weight is 317 g/mol. The molecule has 0 saturated carbocycles. The van der Waals surface area contributed by atoms with Gasteiger partial charge in [-0.1, -0.05) is 18.2 Å². The van der Waals surface area contributed by atoms with E-state index in [1.54, 1.807) is 25.3 Å². The summed E-state index contributed by atoms with van der Waals surface area (Å²) in [7, 11) is 1.57. The lowest BCUT2D eigenvalue weighted by Crippen LogP contribution is -2.54. The number of benzene rings is 1. The third-order valence-electron chi connectivity index (χ3n) is 3.85.